The van der Waals surface area contributed by atoms with Crippen LogP contribution in [0.5, 0.6) is 0 Å². The summed E-state index contributed by atoms with van der Waals surface area (Å²) in [5.41, 5.74) is 5.41. The molecule has 1 aromatic heterocycles. The average Bonchev–Trinajstić information content (AvgIpc) is 3.04. The second kappa shape index (κ2) is 16.1. The van der Waals surface area contributed by atoms with Crippen molar-refractivity contribution in [3.05, 3.63) is 77.2 Å². The molecule has 1 amide bonds. The standard InChI is InChI=1S/C38H52N6O5/c1-37(2,3)48-35(45)27-43-16-14-42(15-17-43)26-31-22-28(10-11-33(31)44-18-20-47-21-19-44)24-34-39-13-12-32(41-34)30-9-7-8-29(23-30)25-40-36(46)49-38(4,5)6/h7-13,22-23H,14-21,24-27H2,1-6H3,(H,40,46). The van der Waals surface area contributed by atoms with Crippen LogP contribution >= 0.6 is 0 Å². The third kappa shape index (κ3) is 11.5. The lowest BCUT2D eigenvalue weighted by atomic mass is 10.0. The number of ether oxygens (including phenoxy) is 3. The van der Waals surface area contributed by atoms with Crippen molar-refractivity contribution in [3.8, 4) is 11.3 Å². The molecule has 264 valence electrons. The lowest BCUT2D eigenvalue weighted by molar-refractivity contribution is -0.156. The molecule has 1 N–H and O–H groups in total. The number of esters is 1. The zero-order valence-corrected chi connectivity index (χ0v) is 30.0. The highest BCUT2D eigenvalue weighted by Crippen LogP contribution is 2.27. The molecule has 49 heavy (non-hydrogen) atoms. The number of hydrogen-bond donors (Lipinski definition) is 1. The van der Waals surface area contributed by atoms with E-state index in [9.17, 15) is 9.59 Å². The Morgan fingerprint density at radius 3 is 2.27 bits per heavy atom. The molecule has 2 aliphatic heterocycles. The molecule has 0 atom stereocenters. The van der Waals surface area contributed by atoms with Crippen molar-refractivity contribution in [2.45, 2.75) is 72.3 Å². The smallest absolute Gasteiger partial charge is 0.407 e. The van der Waals surface area contributed by atoms with Crippen LogP contribution in [0.2, 0.25) is 0 Å². The van der Waals surface area contributed by atoms with Crippen LogP contribution in [0.3, 0.4) is 0 Å². The number of nitrogens with one attached hydrogen (secondary N) is 1. The van der Waals surface area contributed by atoms with Gasteiger partial charge >= 0.3 is 12.1 Å². The fourth-order valence-corrected chi connectivity index (χ4v) is 6.05. The first-order valence-corrected chi connectivity index (χ1v) is 17.3. The van der Waals surface area contributed by atoms with Crippen LogP contribution in [0.1, 0.15) is 64.1 Å². The number of morpholine rings is 1. The number of alkyl carbamates (subject to hydrolysis) is 1. The van der Waals surface area contributed by atoms with Crippen LogP contribution in [-0.2, 0) is 38.5 Å². The van der Waals surface area contributed by atoms with E-state index in [0.29, 0.717) is 19.5 Å². The highest BCUT2D eigenvalue weighted by Gasteiger charge is 2.24. The third-order valence-corrected chi connectivity index (χ3v) is 8.25. The number of nitrogens with zero attached hydrogens (tertiary/aromatic N) is 5. The van der Waals surface area contributed by atoms with Crippen molar-refractivity contribution in [3.63, 3.8) is 0 Å². The van der Waals surface area contributed by atoms with Crippen molar-refractivity contribution >= 4 is 17.7 Å². The number of hydrogen-bond acceptors (Lipinski definition) is 10. The summed E-state index contributed by atoms with van der Waals surface area (Å²) in [5, 5.41) is 2.83. The van der Waals surface area contributed by atoms with Crippen molar-refractivity contribution in [2.75, 3.05) is 63.9 Å². The van der Waals surface area contributed by atoms with Gasteiger partial charge in [0, 0.05) is 76.2 Å². The Balaban J connectivity index is 1.26. The van der Waals surface area contributed by atoms with E-state index in [0.717, 1.165) is 87.2 Å². The van der Waals surface area contributed by atoms with E-state index in [1.165, 1.54) is 11.3 Å². The summed E-state index contributed by atoms with van der Waals surface area (Å²) in [6.45, 7) is 19.4. The van der Waals surface area contributed by atoms with E-state index in [4.69, 9.17) is 19.2 Å². The second-order valence-corrected chi connectivity index (χ2v) is 14.8. The van der Waals surface area contributed by atoms with Crippen LogP contribution in [0.25, 0.3) is 11.3 Å². The Hall–Kier alpha value is -4.06. The normalized spacial score (nSPS) is 16.3. The molecule has 0 aliphatic carbocycles. The first-order valence-electron chi connectivity index (χ1n) is 17.3. The molecule has 3 aromatic rings. The van der Waals surface area contributed by atoms with Crippen LogP contribution in [-0.4, -0.2) is 102 Å². The van der Waals surface area contributed by atoms with Gasteiger partial charge in [-0.2, -0.15) is 0 Å². The minimum atomic E-state index is -0.549. The number of piperazine rings is 1. The van der Waals surface area contributed by atoms with E-state index >= 15 is 0 Å². The first-order chi connectivity index (χ1) is 23.3. The lowest BCUT2D eigenvalue weighted by Gasteiger charge is -2.36. The SMILES string of the molecule is CC(C)(C)OC(=O)CN1CCN(Cc2cc(Cc3nccc(-c4cccc(CNC(=O)OC(C)(C)C)c4)n3)ccc2N2CCOCC2)CC1. The van der Waals surface area contributed by atoms with E-state index < -0.39 is 17.3 Å². The number of carbonyl (C=O) groups is 2. The van der Waals surface area contributed by atoms with E-state index in [2.05, 4.69) is 43.2 Å². The van der Waals surface area contributed by atoms with E-state index in [1.807, 2.05) is 78.1 Å². The van der Waals surface area contributed by atoms with Crippen molar-refractivity contribution in [2.24, 2.45) is 0 Å². The molecule has 2 saturated heterocycles. The number of anilines is 1. The van der Waals surface area contributed by atoms with Crippen molar-refractivity contribution in [1.29, 1.82) is 0 Å². The highest BCUT2D eigenvalue weighted by atomic mass is 16.6. The molecule has 2 aliphatic rings. The molecule has 11 nitrogen and oxygen atoms in total. The van der Waals surface area contributed by atoms with Gasteiger partial charge in [-0.05, 0) is 76.4 Å². The van der Waals surface area contributed by atoms with Gasteiger partial charge in [0.25, 0.3) is 0 Å². The van der Waals surface area contributed by atoms with Gasteiger partial charge in [0.1, 0.15) is 17.0 Å². The molecule has 0 saturated carbocycles. The quantitative estimate of drug-likeness (QED) is 0.294. The lowest BCUT2D eigenvalue weighted by Crippen LogP contribution is -2.48. The molecule has 2 aromatic carbocycles. The van der Waals surface area contributed by atoms with Gasteiger partial charge in [-0.3, -0.25) is 14.6 Å². The van der Waals surface area contributed by atoms with Gasteiger partial charge in [-0.15, -0.1) is 0 Å². The molecule has 11 heteroatoms. The largest absolute Gasteiger partial charge is 0.459 e. The number of rotatable bonds is 10. The zero-order chi connectivity index (χ0) is 35.0. The highest BCUT2D eigenvalue weighted by molar-refractivity contribution is 5.72. The van der Waals surface area contributed by atoms with E-state index in [-0.39, 0.29) is 5.97 Å². The van der Waals surface area contributed by atoms with Crippen LogP contribution < -0.4 is 10.2 Å². The van der Waals surface area contributed by atoms with Gasteiger partial charge in [0.15, 0.2) is 0 Å². The fraction of sp³-hybridized carbons (Fsp3) is 0.526. The summed E-state index contributed by atoms with van der Waals surface area (Å²) in [6, 6.07) is 16.6. The summed E-state index contributed by atoms with van der Waals surface area (Å²) in [4.78, 5) is 41.2. The van der Waals surface area contributed by atoms with Gasteiger partial charge in [-0.25, -0.2) is 14.8 Å². The summed E-state index contributed by atoms with van der Waals surface area (Å²) < 4.78 is 16.6. The topological polar surface area (TPSA) is 109 Å². The summed E-state index contributed by atoms with van der Waals surface area (Å²) in [7, 11) is 0. The Morgan fingerprint density at radius 2 is 1.55 bits per heavy atom. The van der Waals surface area contributed by atoms with Gasteiger partial charge < -0.3 is 24.4 Å². The number of aromatic nitrogens is 2. The molecular weight excluding hydrogens is 620 g/mol. The fourth-order valence-electron chi connectivity index (χ4n) is 6.05. The molecule has 0 spiro atoms. The Morgan fingerprint density at radius 1 is 0.837 bits per heavy atom. The summed E-state index contributed by atoms with van der Waals surface area (Å²) in [5.74, 6) is 0.577. The molecule has 0 radical (unpaired) electrons. The van der Waals surface area contributed by atoms with Gasteiger partial charge in [-0.1, -0.05) is 30.3 Å². The van der Waals surface area contributed by atoms with Crippen molar-refractivity contribution < 1.29 is 23.8 Å². The molecule has 0 unspecified atom stereocenters. The summed E-state index contributed by atoms with van der Waals surface area (Å²) >= 11 is 0. The first kappa shape index (κ1) is 36.2. The molecule has 5 rings (SSSR count). The zero-order valence-electron chi connectivity index (χ0n) is 30.0. The maximum absolute atomic E-state index is 12.4. The third-order valence-electron chi connectivity index (χ3n) is 8.25. The van der Waals surface area contributed by atoms with Crippen molar-refractivity contribution in [1.82, 2.24) is 25.1 Å². The van der Waals surface area contributed by atoms with Gasteiger partial charge in [0.2, 0.25) is 0 Å². The second-order valence-electron chi connectivity index (χ2n) is 14.8. The van der Waals surface area contributed by atoms with E-state index in [1.54, 1.807) is 0 Å². The van der Waals surface area contributed by atoms with Crippen LogP contribution in [0, 0.1) is 0 Å². The molecule has 2 fully saturated rings. The number of carbonyl (C=O) groups excluding carboxylic acids is 2. The molecule has 0 bridgehead atoms. The molecular formula is C38H52N6O5. The Labute approximate surface area is 290 Å². The monoisotopic (exact) mass is 672 g/mol. The maximum atomic E-state index is 12.4. The van der Waals surface area contributed by atoms with Crippen LogP contribution in [0.15, 0.2) is 54.7 Å². The van der Waals surface area contributed by atoms with Gasteiger partial charge in [0.05, 0.1) is 25.5 Å². The number of benzene rings is 2. The Bertz CT molecular complexity index is 1570. The predicted octanol–water partition coefficient (Wildman–Crippen LogP) is 5.06. The Kier molecular flexibility index (Phi) is 11.9. The minimum absolute atomic E-state index is 0.169. The summed E-state index contributed by atoms with van der Waals surface area (Å²) in [6.07, 6.45) is 1.97. The maximum Gasteiger partial charge on any atom is 0.407 e. The average molecular weight is 673 g/mol. The van der Waals surface area contributed by atoms with Crippen LogP contribution in [0.4, 0.5) is 10.5 Å². The number of amides is 1. The predicted molar refractivity (Wildman–Crippen MR) is 190 cm³/mol. The minimum Gasteiger partial charge on any atom is -0.459 e. The molecule has 3 heterocycles.